The summed E-state index contributed by atoms with van der Waals surface area (Å²) in [5, 5.41) is -0.251. The van der Waals surface area contributed by atoms with Gasteiger partial charge < -0.3 is 53.3 Å². The van der Waals surface area contributed by atoms with Gasteiger partial charge in [0.15, 0.2) is 10.9 Å². The minimum absolute atomic E-state index is 0. The van der Waals surface area contributed by atoms with Crippen molar-refractivity contribution < 1.29 is 205 Å². The molecule has 0 amide bonds. The minimum Gasteiger partial charge on any atom is -0.716 e. The van der Waals surface area contributed by atoms with Gasteiger partial charge in [-0.15, -0.1) is 0 Å². The third-order valence-electron chi connectivity index (χ3n) is 9.52. The molecule has 0 saturated heterocycles. The number of benzene rings is 4. The largest absolute Gasteiger partial charge is 1.00 e. The molecule has 22 nitrogen and oxygen atoms in total. The van der Waals surface area contributed by atoms with Gasteiger partial charge in [0.05, 0.1) is 13.2 Å². The van der Waals surface area contributed by atoms with Gasteiger partial charge in [0.1, 0.15) is 68.0 Å². The molecular weight excluding hydrogens is 1030 g/mol. The molecule has 7 rings (SSSR count). The SMILES string of the molecule is O=c1cc(-c2ccc(OS(=O)(=O)[O-])cc2)oc2cc(OS(=O)(=O)[O-])cc(OCC3CCC(COc4cc(OS(=O)(=O)[O-])cc5oc(-c6ccc(OS(=O)(=O)[O-])cc6)cc(=O)c45)CC3)c12.[Na+].[Na+].[Na+].[Na+]. The summed E-state index contributed by atoms with van der Waals surface area (Å²) < 4.78 is 176. The molecule has 340 valence electrons. The minimum atomic E-state index is -5.29. The maximum atomic E-state index is 13.4. The summed E-state index contributed by atoms with van der Waals surface area (Å²) in [6.07, 6.45) is 2.16. The van der Waals surface area contributed by atoms with Crippen LogP contribution in [-0.4, -0.2) is 65.1 Å². The fourth-order valence-corrected chi connectivity index (χ4v) is 8.22. The fraction of sp³-hybridized carbons (Fsp3) is 0.211. The predicted molar refractivity (Wildman–Crippen MR) is 214 cm³/mol. The van der Waals surface area contributed by atoms with Crippen LogP contribution in [0.15, 0.2) is 103 Å². The van der Waals surface area contributed by atoms with E-state index < -0.39 is 64.0 Å². The van der Waals surface area contributed by atoms with Gasteiger partial charge >= 0.3 is 118 Å². The molecule has 1 saturated carbocycles. The maximum Gasteiger partial charge on any atom is 1.00 e. The molecule has 0 radical (unpaired) electrons. The zero-order valence-electron chi connectivity index (χ0n) is 36.1. The monoisotopic (exact) mass is 1060 g/mol. The van der Waals surface area contributed by atoms with E-state index in [1.165, 1.54) is 24.3 Å². The van der Waals surface area contributed by atoms with Gasteiger partial charge in [-0.05, 0) is 86.1 Å². The van der Waals surface area contributed by atoms with E-state index in [0.717, 1.165) is 60.7 Å². The molecule has 2 heterocycles. The summed E-state index contributed by atoms with van der Waals surface area (Å²) in [5.74, 6) is -2.40. The second kappa shape index (κ2) is 24.4. The molecule has 0 unspecified atom stereocenters. The maximum absolute atomic E-state index is 13.4. The van der Waals surface area contributed by atoms with Gasteiger partial charge in [0.2, 0.25) is 0 Å². The van der Waals surface area contributed by atoms with Crippen LogP contribution < -0.4 is 155 Å². The van der Waals surface area contributed by atoms with Crippen LogP contribution >= 0.6 is 0 Å². The van der Waals surface area contributed by atoms with Crippen LogP contribution in [0.2, 0.25) is 0 Å². The summed E-state index contributed by atoms with van der Waals surface area (Å²) in [5.41, 5.74) is -1.32. The molecule has 4 aromatic carbocycles. The smallest absolute Gasteiger partial charge is 0.716 e. The number of rotatable bonds is 16. The molecule has 1 aliphatic rings. The molecule has 0 spiro atoms. The number of ether oxygens (including phenoxy) is 2. The zero-order valence-corrected chi connectivity index (χ0v) is 47.4. The van der Waals surface area contributed by atoms with Gasteiger partial charge in [-0.1, -0.05) is 0 Å². The summed E-state index contributed by atoms with van der Waals surface area (Å²) in [6.45, 7) is 0.0121. The van der Waals surface area contributed by atoms with Crippen LogP contribution in [0, 0.1) is 11.8 Å². The Hall–Kier alpha value is -2.26. The Morgan fingerprint density at radius 1 is 0.441 bits per heavy atom. The molecule has 68 heavy (non-hydrogen) atoms. The van der Waals surface area contributed by atoms with Crippen molar-refractivity contribution in [1.82, 2.24) is 0 Å². The first-order valence-corrected chi connectivity index (χ1v) is 23.6. The Bertz CT molecular complexity index is 3120. The Balaban J connectivity index is 0.00000306. The van der Waals surface area contributed by atoms with E-state index in [-0.39, 0.29) is 211 Å². The summed E-state index contributed by atoms with van der Waals surface area (Å²) >= 11 is 0. The van der Waals surface area contributed by atoms with Crippen LogP contribution in [-0.2, 0) is 41.6 Å². The predicted octanol–water partition coefficient (Wildman–Crippen LogP) is -8.13. The molecule has 0 bridgehead atoms. The Morgan fingerprint density at radius 3 is 1.03 bits per heavy atom. The Kier molecular flexibility index (Phi) is 21.6. The van der Waals surface area contributed by atoms with Crippen molar-refractivity contribution in [2.24, 2.45) is 11.8 Å². The Labute approximate surface area is 475 Å². The second-order valence-electron chi connectivity index (χ2n) is 14.1. The van der Waals surface area contributed by atoms with Crippen molar-refractivity contribution in [2.75, 3.05) is 13.2 Å². The number of hydrogen-bond acceptors (Lipinski definition) is 22. The summed E-state index contributed by atoms with van der Waals surface area (Å²) in [7, 11) is -20.7. The van der Waals surface area contributed by atoms with E-state index >= 15 is 0 Å². The molecule has 0 N–H and O–H groups in total. The topological polar surface area (TPSA) is 345 Å². The molecule has 6 aromatic rings. The van der Waals surface area contributed by atoms with Gasteiger partial charge in [-0.25, -0.2) is 33.7 Å². The van der Waals surface area contributed by atoms with E-state index in [1.807, 2.05) is 0 Å². The first-order chi connectivity index (χ1) is 29.9. The average Bonchev–Trinajstić information content (AvgIpc) is 3.17. The molecular formula is C38H28Na4O22S4. The van der Waals surface area contributed by atoms with Gasteiger partial charge in [-0.2, -0.15) is 0 Å². The summed E-state index contributed by atoms with van der Waals surface area (Å²) in [4.78, 5) is 26.8. The Morgan fingerprint density at radius 2 is 0.735 bits per heavy atom. The van der Waals surface area contributed by atoms with Crippen molar-refractivity contribution in [3.05, 3.63) is 105 Å². The first kappa shape index (κ1) is 60.0. The van der Waals surface area contributed by atoms with Crippen LogP contribution in [0.3, 0.4) is 0 Å². The van der Waals surface area contributed by atoms with Gasteiger partial charge in [-0.3, -0.25) is 9.59 Å². The van der Waals surface area contributed by atoms with Crippen LogP contribution in [0.1, 0.15) is 25.7 Å². The quantitative estimate of drug-likeness (QED) is 0.0493. The summed E-state index contributed by atoms with van der Waals surface area (Å²) in [6, 6.07) is 15.9. The number of hydrogen-bond donors (Lipinski definition) is 0. The molecule has 2 aromatic heterocycles. The standard InChI is InChI=1S/C38H32O22S4.4Na/c39-29-17-31(23-5-9-25(10-6-23)57-61(41,42)43)55-35-15-27(59-63(47,48)49)13-33(37(29)35)53-19-21-1-2-22(4-3-21)20-54-34-14-28(60-64(50,51)52)16-36-38(34)30(40)18-32(56-36)24-7-11-26(12-8-24)58-62(44,45)46;;;;/h5-18,21-22H,1-4,19-20H2,(H,41,42,43)(H,44,45,46)(H,47,48,49)(H,50,51,52);;;;/q;4*+1/p-4. The van der Waals surface area contributed by atoms with Crippen molar-refractivity contribution in [2.45, 2.75) is 25.7 Å². The van der Waals surface area contributed by atoms with Gasteiger partial charge in [0, 0.05) is 47.5 Å². The van der Waals surface area contributed by atoms with E-state index in [1.54, 1.807) is 0 Å². The number of fused-ring (bicyclic) bond motifs is 2. The van der Waals surface area contributed by atoms with Crippen molar-refractivity contribution in [3.63, 3.8) is 0 Å². The van der Waals surface area contributed by atoms with Crippen LogP contribution in [0.4, 0.5) is 0 Å². The zero-order chi connectivity index (χ0) is 46.2. The van der Waals surface area contributed by atoms with Crippen molar-refractivity contribution in [1.29, 1.82) is 0 Å². The molecule has 1 fully saturated rings. The normalized spacial score (nSPS) is 15.1. The fourth-order valence-electron chi connectivity index (χ4n) is 6.87. The van der Waals surface area contributed by atoms with Crippen molar-refractivity contribution >= 4 is 63.5 Å². The van der Waals surface area contributed by atoms with E-state index in [9.17, 15) is 61.5 Å². The van der Waals surface area contributed by atoms with Crippen molar-refractivity contribution in [3.8, 4) is 57.1 Å². The molecule has 30 heteroatoms. The first-order valence-electron chi connectivity index (χ1n) is 18.2. The van der Waals surface area contributed by atoms with Crippen LogP contribution in [0.25, 0.3) is 44.6 Å². The molecule has 0 atom stereocenters. The van der Waals surface area contributed by atoms with E-state index in [4.69, 9.17) is 18.3 Å². The van der Waals surface area contributed by atoms with Gasteiger partial charge in [0.25, 0.3) is 41.6 Å². The second-order valence-corrected chi connectivity index (χ2v) is 18.0. The van der Waals surface area contributed by atoms with E-state index in [2.05, 4.69) is 16.7 Å². The average molecular weight is 1060 g/mol. The molecule has 0 aliphatic heterocycles. The molecule has 1 aliphatic carbocycles. The van der Waals surface area contributed by atoms with E-state index in [0.29, 0.717) is 25.7 Å². The third kappa shape index (κ3) is 16.9. The third-order valence-corrected chi connectivity index (χ3v) is 11.1. The van der Waals surface area contributed by atoms with Crippen LogP contribution in [0.5, 0.6) is 34.5 Å².